The Labute approximate surface area is 98.0 Å². The third kappa shape index (κ3) is 2.30. The third-order valence-electron chi connectivity index (χ3n) is 2.70. The first kappa shape index (κ1) is 10.5. The minimum atomic E-state index is 0.768. The van der Waals surface area contributed by atoms with Gasteiger partial charge in [0, 0.05) is 4.47 Å². The Balaban J connectivity index is 2.11. The van der Waals surface area contributed by atoms with Crippen LogP contribution in [0.2, 0.25) is 5.02 Å². The summed E-state index contributed by atoms with van der Waals surface area (Å²) in [6.07, 6.45) is 2.40. The Morgan fingerprint density at radius 3 is 3.07 bits per heavy atom. The van der Waals surface area contributed by atoms with Crippen LogP contribution in [0.1, 0.15) is 12.0 Å². The first-order chi connectivity index (χ1) is 6.77. The molecule has 1 heterocycles. The van der Waals surface area contributed by atoms with E-state index in [1.807, 2.05) is 12.1 Å². The highest BCUT2D eigenvalue weighted by Gasteiger charge is 2.16. The van der Waals surface area contributed by atoms with Crippen molar-refractivity contribution in [2.24, 2.45) is 5.92 Å². The highest BCUT2D eigenvalue weighted by atomic mass is 79.9. The summed E-state index contributed by atoms with van der Waals surface area (Å²) in [6, 6.07) is 6.08. The van der Waals surface area contributed by atoms with Crippen molar-refractivity contribution in [3.63, 3.8) is 0 Å². The highest BCUT2D eigenvalue weighted by Crippen LogP contribution is 2.28. The molecule has 1 atom stereocenters. The lowest BCUT2D eigenvalue weighted by atomic mass is 9.99. The van der Waals surface area contributed by atoms with Crippen molar-refractivity contribution in [1.82, 2.24) is 5.32 Å². The lowest BCUT2D eigenvalue weighted by Crippen LogP contribution is -2.10. The number of hydrogen-bond acceptors (Lipinski definition) is 1. The van der Waals surface area contributed by atoms with Crippen molar-refractivity contribution in [3.05, 3.63) is 33.3 Å². The molecule has 1 aromatic rings. The zero-order valence-corrected chi connectivity index (χ0v) is 10.2. The van der Waals surface area contributed by atoms with E-state index in [-0.39, 0.29) is 0 Å². The maximum Gasteiger partial charge on any atom is 0.0550 e. The molecule has 0 spiro atoms. The molecule has 1 unspecified atom stereocenters. The molecular formula is C11H13BrClN. The van der Waals surface area contributed by atoms with Gasteiger partial charge < -0.3 is 5.32 Å². The molecule has 0 radical (unpaired) electrons. The Morgan fingerprint density at radius 2 is 2.36 bits per heavy atom. The van der Waals surface area contributed by atoms with Crippen LogP contribution in [0.25, 0.3) is 0 Å². The lowest BCUT2D eigenvalue weighted by Gasteiger charge is -2.10. The molecular weight excluding hydrogens is 261 g/mol. The molecule has 3 heteroatoms. The molecule has 1 fully saturated rings. The highest BCUT2D eigenvalue weighted by molar-refractivity contribution is 9.10. The van der Waals surface area contributed by atoms with E-state index in [0.717, 1.165) is 34.9 Å². The van der Waals surface area contributed by atoms with Gasteiger partial charge in [0.15, 0.2) is 0 Å². The standard InChI is InChI=1S/C11H13BrClN/c12-11-9(2-1-3-10(11)13)6-8-4-5-14-7-8/h1-3,8,14H,4-7H2. The fourth-order valence-corrected chi connectivity index (χ4v) is 2.53. The minimum absolute atomic E-state index is 0.768. The van der Waals surface area contributed by atoms with Crippen molar-refractivity contribution in [2.45, 2.75) is 12.8 Å². The van der Waals surface area contributed by atoms with E-state index >= 15 is 0 Å². The van der Waals surface area contributed by atoms with E-state index in [9.17, 15) is 0 Å². The normalized spacial score (nSPS) is 21.4. The molecule has 1 aliphatic rings. The largest absolute Gasteiger partial charge is 0.316 e. The number of rotatable bonds is 2. The van der Waals surface area contributed by atoms with Crippen molar-refractivity contribution >= 4 is 27.5 Å². The summed E-state index contributed by atoms with van der Waals surface area (Å²) in [5, 5.41) is 4.19. The zero-order valence-electron chi connectivity index (χ0n) is 7.89. The molecule has 0 amide bonds. The van der Waals surface area contributed by atoms with Crippen molar-refractivity contribution in [1.29, 1.82) is 0 Å². The molecule has 76 valence electrons. The van der Waals surface area contributed by atoms with Crippen LogP contribution in [0.15, 0.2) is 22.7 Å². The Hall–Kier alpha value is -0.0500. The van der Waals surface area contributed by atoms with Gasteiger partial charge in [-0.05, 0) is 59.4 Å². The molecule has 0 bridgehead atoms. The van der Waals surface area contributed by atoms with Gasteiger partial charge in [-0.1, -0.05) is 23.7 Å². The predicted molar refractivity (Wildman–Crippen MR) is 63.8 cm³/mol. The number of hydrogen-bond donors (Lipinski definition) is 1. The van der Waals surface area contributed by atoms with E-state index in [0.29, 0.717) is 0 Å². The maximum absolute atomic E-state index is 6.04. The first-order valence-electron chi connectivity index (χ1n) is 4.91. The first-order valence-corrected chi connectivity index (χ1v) is 6.08. The molecule has 0 aliphatic carbocycles. The van der Waals surface area contributed by atoms with E-state index in [4.69, 9.17) is 11.6 Å². The van der Waals surface area contributed by atoms with E-state index in [1.165, 1.54) is 12.0 Å². The van der Waals surface area contributed by atoms with Crippen LogP contribution in [0, 0.1) is 5.92 Å². The van der Waals surface area contributed by atoms with Gasteiger partial charge in [-0.2, -0.15) is 0 Å². The topological polar surface area (TPSA) is 12.0 Å². The summed E-state index contributed by atoms with van der Waals surface area (Å²) in [4.78, 5) is 0. The summed E-state index contributed by atoms with van der Waals surface area (Å²) in [7, 11) is 0. The molecule has 14 heavy (non-hydrogen) atoms. The molecule has 1 nitrogen and oxygen atoms in total. The second-order valence-corrected chi connectivity index (χ2v) is 4.98. The van der Waals surface area contributed by atoms with Crippen LogP contribution in [-0.4, -0.2) is 13.1 Å². The molecule has 0 aromatic heterocycles. The summed E-state index contributed by atoms with van der Waals surface area (Å²) in [5.74, 6) is 0.768. The number of benzene rings is 1. The predicted octanol–water partition coefficient (Wildman–Crippen LogP) is 3.25. The molecule has 1 aliphatic heterocycles. The Kier molecular flexibility index (Phi) is 3.47. The van der Waals surface area contributed by atoms with Crippen LogP contribution in [0.3, 0.4) is 0 Å². The monoisotopic (exact) mass is 273 g/mol. The van der Waals surface area contributed by atoms with Crippen LogP contribution in [0.5, 0.6) is 0 Å². The quantitative estimate of drug-likeness (QED) is 0.873. The van der Waals surface area contributed by atoms with Crippen molar-refractivity contribution < 1.29 is 0 Å². The van der Waals surface area contributed by atoms with E-state index < -0.39 is 0 Å². The molecule has 0 saturated carbocycles. The fourth-order valence-electron chi connectivity index (χ4n) is 1.91. The minimum Gasteiger partial charge on any atom is -0.316 e. The van der Waals surface area contributed by atoms with Gasteiger partial charge in [0.05, 0.1) is 5.02 Å². The molecule has 1 aromatic carbocycles. The average Bonchev–Trinajstić information content (AvgIpc) is 2.66. The van der Waals surface area contributed by atoms with Crippen molar-refractivity contribution in [2.75, 3.05) is 13.1 Å². The molecule has 1 saturated heterocycles. The fraction of sp³-hybridized carbons (Fsp3) is 0.455. The van der Waals surface area contributed by atoms with Crippen LogP contribution in [0.4, 0.5) is 0 Å². The van der Waals surface area contributed by atoms with Gasteiger partial charge in [-0.3, -0.25) is 0 Å². The van der Waals surface area contributed by atoms with Crippen LogP contribution < -0.4 is 5.32 Å². The average molecular weight is 275 g/mol. The maximum atomic E-state index is 6.04. The lowest BCUT2D eigenvalue weighted by molar-refractivity contribution is 0.579. The summed E-state index contributed by atoms with van der Waals surface area (Å²) in [6.45, 7) is 2.29. The number of halogens is 2. The van der Waals surface area contributed by atoms with Gasteiger partial charge >= 0.3 is 0 Å². The van der Waals surface area contributed by atoms with Gasteiger partial charge in [0.2, 0.25) is 0 Å². The van der Waals surface area contributed by atoms with E-state index in [2.05, 4.69) is 27.3 Å². The second-order valence-electron chi connectivity index (χ2n) is 3.78. The van der Waals surface area contributed by atoms with Crippen LogP contribution >= 0.6 is 27.5 Å². The zero-order chi connectivity index (χ0) is 9.97. The van der Waals surface area contributed by atoms with E-state index in [1.54, 1.807) is 0 Å². The smallest absolute Gasteiger partial charge is 0.0550 e. The Morgan fingerprint density at radius 1 is 1.50 bits per heavy atom. The SMILES string of the molecule is Clc1cccc(CC2CCNC2)c1Br. The molecule has 1 N–H and O–H groups in total. The van der Waals surface area contributed by atoms with Gasteiger partial charge in [0.1, 0.15) is 0 Å². The van der Waals surface area contributed by atoms with Gasteiger partial charge in [-0.15, -0.1) is 0 Å². The van der Waals surface area contributed by atoms with Crippen LogP contribution in [-0.2, 0) is 6.42 Å². The summed E-state index contributed by atoms with van der Waals surface area (Å²) in [5.41, 5.74) is 1.33. The van der Waals surface area contributed by atoms with Gasteiger partial charge in [0.25, 0.3) is 0 Å². The second kappa shape index (κ2) is 4.65. The third-order valence-corrected chi connectivity index (χ3v) is 4.18. The van der Waals surface area contributed by atoms with Gasteiger partial charge in [-0.25, -0.2) is 0 Å². The van der Waals surface area contributed by atoms with Crippen molar-refractivity contribution in [3.8, 4) is 0 Å². The Bertz CT molecular complexity index is 321. The number of nitrogens with one attached hydrogen (secondary N) is 1. The summed E-state index contributed by atoms with van der Waals surface area (Å²) < 4.78 is 1.06. The molecule has 2 rings (SSSR count). The summed E-state index contributed by atoms with van der Waals surface area (Å²) >= 11 is 9.57.